The second kappa shape index (κ2) is 10.9. The summed E-state index contributed by atoms with van der Waals surface area (Å²) in [6, 6.07) is 17.2. The fourth-order valence-corrected chi connectivity index (χ4v) is 3.66. The van der Waals surface area contributed by atoms with Gasteiger partial charge in [0.1, 0.15) is 0 Å². The Morgan fingerprint density at radius 2 is 1.34 bits per heavy atom. The third kappa shape index (κ3) is 8.60. The second-order valence-corrected chi connectivity index (χ2v) is 9.00. The lowest BCUT2D eigenvalue weighted by Gasteiger charge is -2.26. The van der Waals surface area contributed by atoms with Crippen LogP contribution in [0.1, 0.15) is 70.9 Å². The number of nitrogens with one attached hydrogen (secondary N) is 2. The van der Waals surface area contributed by atoms with E-state index < -0.39 is 0 Å². The Balaban J connectivity index is 1.86. The molecule has 2 N–H and O–H groups in total. The van der Waals surface area contributed by atoms with Crippen molar-refractivity contribution in [2.75, 3.05) is 10.6 Å². The molecule has 2 heteroatoms. The average Bonchev–Trinajstić information content (AvgIpc) is 2.64. The molecule has 0 unspecified atom stereocenters. The van der Waals surface area contributed by atoms with Crippen LogP contribution in [0.5, 0.6) is 0 Å². The van der Waals surface area contributed by atoms with Crippen LogP contribution < -0.4 is 10.6 Å². The molecule has 2 aromatic rings. The Morgan fingerprint density at radius 3 is 1.83 bits per heavy atom. The van der Waals surface area contributed by atoms with Crippen LogP contribution >= 0.6 is 0 Å². The monoisotopic (exact) mass is 390 g/mol. The van der Waals surface area contributed by atoms with Crippen LogP contribution in [0.3, 0.4) is 0 Å². The normalized spacial score (nSPS) is 11.2. The molecule has 29 heavy (non-hydrogen) atoms. The van der Waals surface area contributed by atoms with Gasteiger partial charge in [-0.1, -0.05) is 77.5 Å². The average molecular weight is 391 g/mol. The van der Waals surface area contributed by atoms with Crippen molar-refractivity contribution in [3.05, 3.63) is 84.2 Å². The lowest BCUT2D eigenvalue weighted by molar-refractivity contribution is 0.319. The standard InChI is InChI=1S/C27H38N2/c1-7-8-9-18-27(5,6)20-22(4)29-26-16-12-24(13-17-26)19-23-10-14-25(15-11-23)28-21(2)3/h10-17,28-29H,2,4,7-9,18-20H2,1,3,5-6H3. The third-order valence-electron chi connectivity index (χ3n) is 5.14. The SMILES string of the molecule is C=C(C)Nc1ccc(Cc2ccc(NC(=C)CC(C)(C)CCCCC)cc2)cc1. The second-order valence-electron chi connectivity index (χ2n) is 9.00. The van der Waals surface area contributed by atoms with Crippen LogP contribution in [0.2, 0.25) is 0 Å². The Hall–Kier alpha value is -2.48. The molecule has 0 aliphatic rings. The maximum absolute atomic E-state index is 4.26. The van der Waals surface area contributed by atoms with Gasteiger partial charge in [-0.2, -0.15) is 0 Å². The van der Waals surface area contributed by atoms with E-state index in [4.69, 9.17) is 0 Å². The molecule has 0 saturated heterocycles. The highest BCUT2D eigenvalue weighted by Gasteiger charge is 2.18. The number of hydrogen-bond acceptors (Lipinski definition) is 2. The lowest BCUT2D eigenvalue weighted by Crippen LogP contribution is -2.15. The molecule has 0 fully saturated rings. The molecule has 2 aromatic carbocycles. The summed E-state index contributed by atoms with van der Waals surface area (Å²) in [6.07, 6.45) is 7.08. The zero-order valence-electron chi connectivity index (χ0n) is 18.8. The largest absolute Gasteiger partial charge is 0.360 e. The van der Waals surface area contributed by atoms with Crippen molar-refractivity contribution in [3.63, 3.8) is 0 Å². The number of benzene rings is 2. The summed E-state index contributed by atoms with van der Waals surface area (Å²) < 4.78 is 0. The molecular weight excluding hydrogens is 352 g/mol. The van der Waals surface area contributed by atoms with Crippen LogP contribution in [0.25, 0.3) is 0 Å². The molecule has 0 aromatic heterocycles. The summed E-state index contributed by atoms with van der Waals surface area (Å²) in [5.74, 6) is 0. The molecule has 0 heterocycles. The molecule has 0 saturated carbocycles. The first-order valence-corrected chi connectivity index (χ1v) is 10.8. The maximum atomic E-state index is 4.26. The van der Waals surface area contributed by atoms with Gasteiger partial charge in [-0.05, 0) is 67.0 Å². The number of hydrogen-bond donors (Lipinski definition) is 2. The molecule has 0 bridgehead atoms. The predicted octanol–water partition coefficient (Wildman–Crippen LogP) is 8.15. The van der Waals surface area contributed by atoms with E-state index in [1.165, 1.54) is 36.8 Å². The van der Waals surface area contributed by atoms with E-state index in [1.807, 2.05) is 6.92 Å². The van der Waals surface area contributed by atoms with Crippen molar-refractivity contribution >= 4 is 11.4 Å². The number of anilines is 2. The summed E-state index contributed by atoms with van der Waals surface area (Å²) in [5.41, 5.74) is 7.15. The van der Waals surface area contributed by atoms with E-state index >= 15 is 0 Å². The van der Waals surface area contributed by atoms with E-state index in [0.717, 1.165) is 35.6 Å². The van der Waals surface area contributed by atoms with Crippen molar-refractivity contribution in [1.29, 1.82) is 0 Å². The van der Waals surface area contributed by atoms with E-state index in [9.17, 15) is 0 Å². The van der Waals surface area contributed by atoms with E-state index in [2.05, 4.69) is 93.1 Å². The third-order valence-corrected chi connectivity index (χ3v) is 5.14. The molecule has 0 amide bonds. The molecular formula is C27H38N2. The molecule has 0 aliphatic heterocycles. The van der Waals surface area contributed by atoms with Gasteiger partial charge in [0.25, 0.3) is 0 Å². The van der Waals surface area contributed by atoms with Gasteiger partial charge < -0.3 is 10.6 Å². The Labute approximate surface area is 178 Å². The van der Waals surface area contributed by atoms with Crippen LogP contribution in [-0.4, -0.2) is 0 Å². The quantitative estimate of drug-likeness (QED) is 0.357. The highest BCUT2D eigenvalue weighted by molar-refractivity contribution is 5.51. The first-order valence-electron chi connectivity index (χ1n) is 10.8. The smallest absolute Gasteiger partial charge is 0.0381 e. The van der Waals surface area contributed by atoms with E-state index in [0.29, 0.717) is 5.41 Å². The van der Waals surface area contributed by atoms with Gasteiger partial charge >= 0.3 is 0 Å². The highest BCUT2D eigenvalue weighted by Crippen LogP contribution is 2.31. The molecule has 2 rings (SSSR count). The minimum absolute atomic E-state index is 0.296. The topological polar surface area (TPSA) is 24.1 Å². The number of rotatable bonds is 12. The van der Waals surface area contributed by atoms with Crippen molar-refractivity contribution < 1.29 is 0 Å². The Morgan fingerprint density at radius 1 is 0.828 bits per heavy atom. The molecule has 2 nitrogen and oxygen atoms in total. The van der Waals surface area contributed by atoms with Gasteiger partial charge in [-0.15, -0.1) is 0 Å². The van der Waals surface area contributed by atoms with Gasteiger partial charge in [0.2, 0.25) is 0 Å². The van der Waals surface area contributed by atoms with Crippen LogP contribution in [-0.2, 0) is 6.42 Å². The molecule has 0 atom stereocenters. The molecule has 156 valence electrons. The summed E-state index contributed by atoms with van der Waals surface area (Å²) >= 11 is 0. The number of allylic oxidation sites excluding steroid dienone is 2. The lowest BCUT2D eigenvalue weighted by atomic mass is 9.82. The van der Waals surface area contributed by atoms with E-state index in [1.54, 1.807) is 0 Å². The van der Waals surface area contributed by atoms with Gasteiger partial charge in [0, 0.05) is 22.8 Å². The minimum atomic E-state index is 0.296. The zero-order chi connectivity index (χ0) is 21.3. The highest BCUT2D eigenvalue weighted by atomic mass is 14.9. The van der Waals surface area contributed by atoms with Gasteiger partial charge in [0.05, 0.1) is 0 Å². The van der Waals surface area contributed by atoms with Crippen molar-refractivity contribution in [1.82, 2.24) is 0 Å². The summed E-state index contributed by atoms with van der Waals surface area (Å²) in [4.78, 5) is 0. The predicted molar refractivity (Wildman–Crippen MR) is 129 cm³/mol. The van der Waals surface area contributed by atoms with Crippen molar-refractivity contribution in [3.8, 4) is 0 Å². The maximum Gasteiger partial charge on any atom is 0.0381 e. The molecule has 0 aliphatic carbocycles. The zero-order valence-corrected chi connectivity index (χ0v) is 18.8. The fourth-order valence-electron chi connectivity index (χ4n) is 3.66. The molecule has 0 spiro atoms. The summed E-state index contributed by atoms with van der Waals surface area (Å²) in [5, 5.41) is 6.73. The van der Waals surface area contributed by atoms with E-state index in [-0.39, 0.29) is 0 Å². The van der Waals surface area contributed by atoms with Crippen molar-refractivity contribution in [2.24, 2.45) is 5.41 Å². The molecule has 0 radical (unpaired) electrons. The van der Waals surface area contributed by atoms with Gasteiger partial charge in [-0.25, -0.2) is 0 Å². The van der Waals surface area contributed by atoms with Crippen LogP contribution in [0.4, 0.5) is 11.4 Å². The summed E-state index contributed by atoms with van der Waals surface area (Å²) in [6.45, 7) is 17.0. The number of unbranched alkanes of at least 4 members (excludes halogenated alkanes) is 2. The van der Waals surface area contributed by atoms with Gasteiger partial charge in [0.15, 0.2) is 0 Å². The summed E-state index contributed by atoms with van der Waals surface area (Å²) in [7, 11) is 0. The first kappa shape index (κ1) is 22.8. The first-order chi connectivity index (χ1) is 13.8. The Kier molecular flexibility index (Phi) is 8.57. The minimum Gasteiger partial charge on any atom is -0.360 e. The fraction of sp³-hybridized carbons (Fsp3) is 0.407. The van der Waals surface area contributed by atoms with Gasteiger partial charge in [-0.3, -0.25) is 0 Å². The van der Waals surface area contributed by atoms with Crippen LogP contribution in [0.15, 0.2) is 73.1 Å². The Bertz CT molecular complexity index is 782. The van der Waals surface area contributed by atoms with Crippen LogP contribution in [0, 0.1) is 5.41 Å². The van der Waals surface area contributed by atoms with Crippen molar-refractivity contribution in [2.45, 2.75) is 66.2 Å².